The maximum Gasteiger partial charge on any atom is 0.105 e. The van der Waals surface area contributed by atoms with Gasteiger partial charge in [-0.1, -0.05) is 0 Å². The summed E-state index contributed by atoms with van der Waals surface area (Å²) in [4.78, 5) is 2.20. The Hall–Kier alpha value is -0.840. The average molecular weight is 226 g/mol. The minimum atomic E-state index is -0.140. The lowest BCUT2D eigenvalue weighted by atomic mass is 10.0. The van der Waals surface area contributed by atoms with E-state index in [0.29, 0.717) is 13.2 Å². The summed E-state index contributed by atoms with van der Waals surface area (Å²) < 4.78 is 10.5. The van der Waals surface area contributed by atoms with Crippen LogP contribution in [0.3, 0.4) is 0 Å². The molecule has 4 heteroatoms. The quantitative estimate of drug-likeness (QED) is 0.796. The van der Waals surface area contributed by atoms with Crippen LogP contribution < -0.4 is 5.73 Å². The van der Waals surface area contributed by atoms with Gasteiger partial charge in [0.05, 0.1) is 18.4 Å². The highest BCUT2D eigenvalue weighted by Crippen LogP contribution is 2.18. The van der Waals surface area contributed by atoms with Crippen LogP contribution in [-0.2, 0) is 11.3 Å². The molecule has 1 unspecified atom stereocenters. The lowest BCUT2D eigenvalue weighted by molar-refractivity contribution is 0.0388. The highest BCUT2D eigenvalue weighted by molar-refractivity contribution is 5.15. The summed E-state index contributed by atoms with van der Waals surface area (Å²) in [5.74, 6) is 0.962. The highest BCUT2D eigenvalue weighted by atomic mass is 16.5. The summed E-state index contributed by atoms with van der Waals surface area (Å²) >= 11 is 0. The number of methoxy groups -OCH3 is 1. The summed E-state index contributed by atoms with van der Waals surface area (Å²) in [6, 6.07) is 2.00. The molecular formula is C12H22N2O2. The van der Waals surface area contributed by atoms with Crippen molar-refractivity contribution in [2.24, 2.45) is 5.73 Å². The Morgan fingerprint density at radius 3 is 2.69 bits per heavy atom. The molecule has 0 saturated carbocycles. The summed E-state index contributed by atoms with van der Waals surface area (Å²) in [7, 11) is 3.75. The van der Waals surface area contributed by atoms with E-state index < -0.39 is 0 Å². The number of hydrogen-bond donors (Lipinski definition) is 1. The first kappa shape index (κ1) is 13.2. The predicted molar refractivity (Wildman–Crippen MR) is 64.2 cm³/mol. The molecule has 0 radical (unpaired) electrons. The van der Waals surface area contributed by atoms with E-state index in [1.807, 2.05) is 13.0 Å². The summed E-state index contributed by atoms with van der Waals surface area (Å²) in [5, 5.41) is 0. The number of likely N-dealkylation sites (N-methyl/N-ethyl adjacent to an activating group) is 1. The molecule has 1 atom stereocenters. The number of nitrogens with zero attached hydrogens (tertiary/aromatic N) is 1. The van der Waals surface area contributed by atoms with Crippen molar-refractivity contribution < 1.29 is 9.15 Å². The second-order valence-electron chi connectivity index (χ2n) is 4.49. The van der Waals surface area contributed by atoms with E-state index >= 15 is 0 Å². The number of furan rings is 1. The number of hydrogen-bond acceptors (Lipinski definition) is 4. The Kier molecular flexibility index (Phi) is 4.53. The molecule has 4 nitrogen and oxygen atoms in total. The topological polar surface area (TPSA) is 51.6 Å². The van der Waals surface area contributed by atoms with E-state index in [9.17, 15) is 0 Å². The van der Waals surface area contributed by atoms with E-state index in [1.54, 1.807) is 13.4 Å². The lowest BCUT2D eigenvalue weighted by Crippen LogP contribution is -2.52. The normalized spacial score (nSPS) is 15.4. The van der Waals surface area contributed by atoms with Crippen molar-refractivity contribution in [3.8, 4) is 0 Å². The number of ether oxygens (including phenoxy) is 1. The minimum absolute atomic E-state index is 0.140. The van der Waals surface area contributed by atoms with Gasteiger partial charge in [0.1, 0.15) is 5.76 Å². The number of aryl methyl sites for hydroxylation is 1. The first-order chi connectivity index (χ1) is 7.53. The molecule has 1 aromatic heterocycles. The minimum Gasteiger partial charge on any atom is -0.469 e. The van der Waals surface area contributed by atoms with Gasteiger partial charge in [-0.3, -0.25) is 4.90 Å². The van der Waals surface area contributed by atoms with Crippen molar-refractivity contribution in [3.05, 3.63) is 23.7 Å². The molecule has 92 valence electrons. The van der Waals surface area contributed by atoms with Gasteiger partial charge in [0.15, 0.2) is 0 Å². The molecule has 1 aromatic rings. The van der Waals surface area contributed by atoms with E-state index in [4.69, 9.17) is 14.9 Å². The van der Waals surface area contributed by atoms with Crippen LogP contribution in [0.4, 0.5) is 0 Å². The van der Waals surface area contributed by atoms with Gasteiger partial charge in [0.25, 0.3) is 0 Å². The maximum atomic E-state index is 5.82. The molecule has 0 amide bonds. The molecule has 16 heavy (non-hydrogen) atoms. The third-order valence-electron chi connectivity index (χ3n) is 3.19. The fourth-order valence-electron chi connectivity index (χ4n) is 1.66. The standard InChI is InChI=1S/C12H22N2O2/c1-10-11(5-6-16-10)7-14(3)12(2,8-13)9-15-4/h5-6H,7-9,13H2,1-4H3. The molecular weight excluding hydrogens is 204 g/mol. The average Bonchev–Trinajstić information content (AvgIpc) is 2.64. The summed E-state index contributed by atoms with van der Waals surface area (Å²) in [6.45, 7) is 6.08. The molecule has 2 N–H and O–H groups in total. The van der Waals surface area contributed by atoms with E-state index in [2.05, 4.69) is 18.9 Å². The van der Waals surface area contributed by atoms with E-state index in [0.717, 1.165) is 12.3 Å². The number of rotatable bonds is 6. The van der Waals surface area contributed by atoms with Crippen molar-refractivity contribution in [2.45, 2.75) is 25.9 Å². The molecule has 0 aliphatic carbocycles. The monoisotopic (exact) mass is 226 g/mol. The third kappa shape index (κ3) is 2.84. The van der Waals surface area contributed by atoms with Gasteiger partial charge in [0.2, 0.25) is 0 Å². The second kappa shape index (κ2) is 5.48. The smallest absolute Gasteiger partial charge is 0.105 e. The Bertz CT molecular complexity index is 325. The molecule has 0 aliphatic heterocycles. The van der Waals surface area contributed by atoms with Gasteiger partial charge >= 0.3 is 0 Å². The van der Waals surface area contributed by atoms with Crippen LogP contribution in [0.25, 0.3) is 0 Å². The Labute approximate surface area is 97.4 Å². The van der Waals surface area contributed by atoms with E-state index in [1.165, 1.54) is 5.56 Å². The summed E-state index contributed by atoms with van der Waals surface area (Å²) in [6.07, 6.45) is 1.72. The lowest BCUT2D eigenvalue weighted by Gasteiger charge is -2.37. The maximum absolute atomic E-state index is 5.82. The predicted octanol–water partition coefficient (Wildman–Crippen LogP) is 1.38. The van der Waals surface area contributed by atoms with Crippen molar-refractivity contribution in [1.82, 2.24) is 4.90 Å². The second-order valence-corrected chi connectivity index (χ2v) is 4.49. The molecule has 0 fully saturated rings. The number of nitrogens with two attached hydrogens (primary N) is 1. The first-order valence-electron chi connectivity index (χ1n) is 5.46. The van der Waals surface area contributed by atoms with Gasteiger partial charge < -0.3 is 14.9 Å². The van der Waals surface area contributed by atoms with Crippen LogP contribution in [0.1, 0.15) is 18.2 Å². The van der Waals surface area contributed by atoms with Crippen LogP contribution in [0, 0.1) is 6.92 Å². The van der Waals surface area contributed by atoms with Gasteiger partial charge in [0, 0.05) is 25.8 Å². The fraction of sp³-hybridized carbons (Fsp3) is 0.667. The van der Waals surface area contributed by atoms with Crippen molar-refractivity contribution >= 4 is 0 Å². The van der Waals surface area contributed by atoms with Crippen molar-refractivity contribution in [2.75, 3.05) is 27.3 Å². The molecule has 0 aromatic carbocycles. The van der Waals surface area contributed by atoms with Crippen molar-refractivity contribution in [3.63, 3.8) is 0 Å². The molecule has 0 spiro atoms. The Balaban J connectivity index is 2.69. The molecule has 1 rings (SSSR count). The Morgan fingerprint density at radius 2 is 2.25 bits per heavy atom. The van der Waals surface area contributed by atoms with Gasteiger partial charge in [-0.05, 0) is 27.0 Å². The van der Waals surface area contributed by atoms with E-state index in [-0.39, 0.29) is 5.54 Å². The van der Waals surface area contributed by atoms with Gasteiger partial charge in [-0.2, -0.15) is 0 Å². The molecule has 0 aliphatic rings. The largest absolute Gasteiger partial charge is 0.469 e. The molecule has 0 bridgehead atoms. The highest BCUT2D eigenvalue weighted by Gasteiger charge is 2.28. The van der Waals surface area contributed by atoms with Gasteiger partial charge in [-0.25, -0.2) is 0 Å². The van der Waals surface area contributed by atoms with Crippen LogP contribution in [0.15, 0.2) is 16.7 Å². The van der Waals surface area contributed by atoms with Gasteiger partial charge in [-0.15, -0.1) is 0 Å². The molecule has 0 saturated heterocycles. The SMILES string of the molecule is COCC(C)(CN)N(C)Cc1ccoc1C. The Morgan fingerprint density at radius 1 is 1.56 bits per heavy atom. The van der Waals surface area contributed by atoms with Crippen LogP contribution in [0.5, 0.6) is 0 Å². The van der Waals surface area contributed by atoms with Crippen molar-refractivity contribution in [1.29, 1.82) is 0 Å². The van der Waals surface area contributed by atoms with Crippen LogP contribution in [0.2, 0.25) is 0 Å². The zero-order chi connectivity index (χ0) is 12.2. The zero-order valence-corrected chi connectivity index (χ0v) is 10.6. The first-order valence-corrected chi connectivity index (χ1v) is 5.46. The zero-order valence-electron chi connectivity index (χ0n) is 10.6. The summed E-state index contributed by atoms with van der Waals surface area (Å²) in [5.41, 5.74) is 6.87. The fourth-order valence-corrected chi connectivity index (χ4v) is 1.66. The van der Waals surface area contributed by atoms with Crippen LogP contribution in [-0.4, -0.2) is 37.7 Å². The molecule has 1 heterocycles. The van der Waals surface area contributed by atoms with Crippen LogP contribution >= 0.6 is 0 Å². The third-order valence-corrected chi connectivity index (χ3v) is 3.19.